The van der Waals surface area contributed by atoms with Crippen LogP contribution in [-0.4, -0.2) is 94.6 Å². The van der Waals surface area contributed by atoms with E-state index in [0.717, 1.165) is 0 Å². The van der Waals surface area contributed by atoms with Crippen LogP contribution >= 0.6 is 34.8 Å². The Morgan fingerprint density at radius 1 is 0.420 bits per heavy atom. The third-order valence-electron chi connectivity index (χ3n) is 12.2. The molecule has 0 aromatic carbocycles. The molecule has 0 aromatic heterocycles. The third kappa shape index (κ3) is 7.10. The van der Waals surface area contributed by atoms with Gasteiger partial charge in [0.15, 0.2) is 0 Å². The quantitative estimate of drug-likeness (QED) is 0.0977. The van der Waals surface area contributed by atoms with Gasteiger partial charge in [0.25, 0.3) is 0 Å². The van der Waals surface area contributed by atoms with Gasteiger partial charge in [-0.25, -0.2) is 0 Å². The van der Waals surface area contributed by atoms with Gasteiger partial charge in [-0.3, -0.25) is 28.8 Å². The van der Waals surface area contributed by atoms with Gasteiger partial charge in [0, 0.05) is 37.6 Å². The van der Waals surface area contributed by atoms with E-state index in [1.54, 1.807) is 0 Å². The average Bonchev–Trinajstić information content (AvgIpc) is 3.04. The number of hydrogen-bond acceptors (Lipinski definition) is 12. The zero-order valence-electron chi connectivity index (χ0n) is 28.9. The van der Waals surface area contributed by atoms with Gasteiger partial charge in [-0.05, 0) is 124 Å². The lowest BCUT2D eigenvalue weighted by atomic mass is 9.39. The molecule has 8 fully saturated rings. The van der Waals surface area contributed by atoms with Crippen molar-refractivity contribution in [3.8, 4) is 0 Å². The van der Waals surface area contributed by atoms with Gasteiger partial charge in [0.2, 0.25) is 15.7 Å². The number of carbonyl (C=O) groups excluding carboxylic acids is 6. The summed E-state index contributed by atoms with van der Waals surface area (Å²) in [6.45, 7) is 1.29. The fourth-order valence-corrected chi connectivity index (χ4v) is 12.0. The summed E-state index contributed by atoms with van der Waals surface area (Å²) in [6.07, 6.45) is 5.88. The van der Waals surface area contributed by atoms with E-state index in [2.05, 4.69) is 0 Å². The van der Waals surface area contributed by atoms with E-state index in [1.807, 2.05) is 0 Å². The molecule has 0 amide bonds. The van der Waals surface area contributed by atoms with Crippen LogP contribution in [0.1, 0.15) is 77.0 Å². The SMILES string of the molecule is COCCOC(=O)C12CC3CC(C(=O)OCCOC)(C1)CC(C(=O)OCCOC)(C3)C2.O=C(Cl)C12CC3CC(C(=O)Cl)(C1)CC(C(=O)Cl)(C3)C2. The molecule has 15 heteroatoms. The summed E-state index contributed by atoms with van der Waals surface area (Å²) in [6, 6.07) is 0. The molecule has 12 nitrogen and oxygen atoms in total. The molecule has 0 aromatic rings. The van der Waals surface area contributed by atoms with Gasteiger partial charge in [-0.1, -0.05) is 0 Å². The van der Waals surface area contributed by atoms with Crippen LogP contribution in [0.3, 0.4) is 0 Å². The minimum atomic E-state index is -0.895. The molecule has 8 saturated carbocycles. The van der Waals surface area contributed by atoms with E-state index >= 15 is 0 Å². The van der Waals surface area contributed by atoms with Crippen LogP contribution in [0, 0.1) is 44.3 Å². The Hall–Kier alpha value is -1.83. The van der Waals surface area contributed by atoms with Crippen LogP contribution < -0.4 is 0 Å². The highest BCUT2D eigenvalue weighted by atomic mass is 35.5. The maximum absolute atomic E-state index is 13.2. The van der Waals surface area contributed by atoms with Crippen molar-refractivity contribution in [3.05, 3.63) is 0 Å². The second kappa shape index (κ2) is 14.9. The van der Waals surface area contributed by atoms with Crippen LogP contribution in [0.4, 0.5) is 0 Å². The van der Waals surface area contributed by atoms with Gasteiger partial charge in [0.1, 0.15) is 19.8 Å². The zero-order chi connectivity index (χ0) is 36.6. The lowest BCUT2D eigenvalue weighted by Gasteiger charge is -2.63. The Balaban J connectivity index is 0.000000217. The van der Waals surface area contributed by atoms with Crippen molar-refractivity contribution in [2.75, 3.05) is 61.0 Å². The summed E-state index contributed by atoms with van der Waals surface area (Å²) in [5.41, 5.74) is -5.07. The van der Waals surface area contributed by atoms with Crippen molar-refractivity contribution in [3.63, 3.8) is 0 Å². The molecule has 0 spiro atoms. The lowest BCUT2D eigenvalue weighted by Crippen LogP contribution is -2.64. The van der Waals surface area contributed by atoms with Crippen molar-refractivity contribution in [1.82, 2.24) is 0 Å². The number of hydrogen-bond donors (Lipinski definition) is 0. The van der Waals surface area contributed by atoms with Crippen LogP contribution in [-0.2, 0) is 57.2 Å². The van der Waals surface area contributed by atoms with Gasteiger partial charge in [-0.15, -0.1) is 0 Å². The van der Waals surface area contributed by atoms with Gasteiger partial charge in [0.05, 0.1) is 36.1 Å². The van der Waals surface area contributed by atoms with E-state index in [1.165, 1.54) is 21.3 Å². The highest BCUT2D eigenvalue weighted by Crippen LogP contribution is 2.72. The first kappa shape index (κ1) is 39.4. The van der Waals surface area contributed by atoms with Crippen LogP contribution in [0.2, 0.25) is 0 Å². The summed E-state index contributed by atoms with van der Waals surface area (Å²) >= 11 is 17.4. The number of esters is 3. The highest BCUT2D eigenvalue weighted by molar-refractivity contribution is 6.67. The lowest BCUT2D eigenvalue weighted by molar-refractivity contribution is -0.216. The molecule has 0 radical (unpaired) electrons. The van der Waals surface area contributed by atoms with Crippen molar-refractivity contribution in [1.29, 1.82) is 0 Å². The number of halogens is 3. The summed E-state index contributed by atoms with van der Waals surface area (Å²) in [5.74, 6) is -0.911. The topological polar surface area (TPSA) is 158 Å². The zero-order valence-corrected chi connectivity index (χ0v) is 31.2. The summed E-state index contributed by atoms with van der Waals surface area (Å²) in [5, 5.41) is -1.37. The number of ether oxygens (including phenoxy) is 6. The molecule has 0 N–H and O–H groups in total. The first-order valence-electron chi connectivity index (χ1n) is 17.2. The second-order valence-electron chi connectivity index (χ2n) is 15.9. The molecule has 0 unspecified atom stereocenters. The average molecular weight is 766 g/mol. The van der Waals surface area contributed by atoms with Crippen LogP contribution in [0.5, 0.6) is 0 Å². The molecule has 0 heterocycles. The second-order valence-corrected chi connectivity index (χ2v) is 16.9. The van der Waals surface area contributed by atoms with E-state index in [9.17, 15) is 28.8 Å². The Kier molecular flexibility index (Phi) is 11.7. The predicted octanol–water partition coefficient (Wildman–Crippen LogP) is 4.75. The van der Waals surface area contributed by atoms with E-state index in [0.29, 0.717) is 96.9 Å². The minimum Gasteiger partial charge on any atom is -0.463 e. The summed E-state index contributed by atoms with van der Waals surface area (Å²) in [7, 11) is 4.61. The highest BCUT2D eigenvalue weighted by Gasteiger charge is 2.72. The standard InChI is InChI=1S/C22H34O9.C13H13Cl3O3/c1-26-4-7-29-17(23)20-10-16-11-21(13-20,18(24)30-8-5-27-2)15-22(12-16,14-20)19(25)31-9-6-28-3;14-8(17)11-1-7-2-12(4-11,9(15)18)6-13(3-7,5-11)10(16)19/h16H,4-15H2,1-3H3;7H,1-6H2. The molecule has 280 valence electrons. The number of carbonyl (C=O) groups is 6. The van der Waals surface area contributed by atoms with E-state index < -0.39 is 48.2 Å². The predicted molar refractivity (Wildman–Crippen MR) is 178 cm³/mol. The van der Waals surface area contributed by atoms with Crippen molar-refractivity contribution in [2.45, 2.75) is 77.0 Å². The first-order chi connectivity index (χ1) is 23.6. The van der Waals surface area contributed by atoms with E-state index in [-0.39, 0.29) is 49.6 Å². The monoisotopic (exact) mass is 764 g/mol. The Labute approximate surface area is 307 Å². The molecule has 50 heavy (non-hydrogen) atoms. The Morgan fingerprint density at radius 3 is 0.860 bits per heavy atom. The first-order valence-corrected chi connectivity index (χ1v) is 18.3. The number of rotatable bonds is 15. The van der Waals surface area contributed by atoms with Gasteiger partial charge in [-0.2, -0.15) is 0 Å². The van der Waals surface area contributed by atoms with Crippen LogP contribution in [0.15, 0.2) is 0 Å². The molecule has 8 bridgehead atoms. The molecule has 0 saturated heterocycles. The molecular weight excluding hydrogens is 719 g/mol. The molecular formula is C35H47Cl3O12. The fraction of sp³-hybridized carbons (Fsp3) is 0.829. The summed E-state index contributed by atoms with van der Waals surface area (Å²) in [4.78, 5) is 75.3. The fourth-order valence-electron chi connectivity index (χ4n) is 11.3. The van der Waals surface area contributed by atoms with Crippen molar-refractivity contribution < 1.29 is 57.2 Å². The van der Waals surface area contributed by atoms with Gasteiger partial charge < -0.3 is 28.4 Å². The normalized spacial score (nSPS) is 38.5. The van der Waals surface area contributed by atoms with Gasteiger partial charge >= 0.3 is 17.9 Å². The maximum Gasteiger partial charge on any atom is 0.312 e. The van der Waals surface area contributed by atoms with E-state index in [4.69, 9.17) is 63.2 Å². The smallest absolute Gasteiger partial charge is 0.312 e. The Morgan fingerprint density at radius 2 is 0.640 bits per heavy atom. The van der Waals surface area contributed by atoms with Crippen LogP contribution in [0.25, 0.3) is 0 Å². The molecule has 0 atom stereocenters. The van der Waals surface area contributed by atoms with Crippen molar-refractivity contribution >= 4 is 68.4 Å². The van der Waals surface area contributed by atoms with Crippen molar-refractivity contribution in [2.24, 2.45) is 44.3 Å². The molecule has 8 rings (SSSR count). The molecule has 8 aliphatic rings. The number of methoxy groups -OCH3 is 3. The third-order valence-corrected chi connectivity index (χ3v) is 13.5. The summed E-state index contributed by atoms with van der Waals surface area (Å²) < 4.78 is 31.5. The minimum absolute atomic E-state index is 0.0520. The maximum atomic E-state index is 13.2. The molecule has 8 aliphatic carbocycles. The largest absolute Gasteiger partial charge is 0.463 e. The Bertz CT molecular complexity index is 1210. The molecule has 0 aliphatic heterocycles.